The number of amides is 1. The zero-order valence-corrected chi connectivity index (χ0v) is 14.3. The Labute approximate surface area is 137 Å². The van der Waals surface area contributed by atoms with E-state index in [1.165, 1.54) is 27.8 Å². The highest BCUT2D eigenvalue weighted by Crippen LogP contribution is 2.25. The van der Waals surface area contributed by atoms with Crippen LogP contribution in [0.2, 0.25) is 0 Å². The first kappa shape index (κ1) is 16.4. The van der Waals surface area contributed by atoms with Crippen molar-refractivity contribution in [1.29, 1.82) is 0 Å². The average Bonchev–Trinajstić information content (AvgIpc) is 3.02. The lowest BCUT2D eigenvalue weighted by Gasteiger charge is -2.34. The van der Waals surface area contributed by atoms with Crippen molar-refractivity contribution in [3.63, 3.8) is 0 Å². The Balaban J connectivity index is 1.60. The predicted molar refractivity (Wildman–Crippen MR) is 85.1 cm³/mol. The van der Waals surface area contributed by atoms with Crippen molar-refractivity contribution in [1.82, 2.24) is 19.0 Å². The second kappa shape index (κ2) is 6.60. The van der Waals surface area contributed by atoms with Crippen LogP contribution < -0.4 is 0 Å². The van der Waals surface area contributed by atoms with Gasteiger partial charge in [-0.3, -0.25) is 9.48 Å². The topological polar surface area (TPSA) is 75.5 Å². The number of hydrogen-bond donors (Lipinski definition) is 0. The van der Waals surface area contributed by atoms with Gasteiger partial charge in [0.05, 0.1) is 6.20 Å². The summed E-state index contributed by atoms with van der Waals surface area (Å²) in [5, 5.41) is 3.93. The Morgan fingerprint density at radius 2 is 1.78 bits per heavy atom. The van der Waals surface area contributed by atoms with E-state index in [4.69, 9.17) is 0 Å². The standard InChI is InChI=1S/C15H24N4O3S/c1-17-12-14(11-16-17)23(21,22)19-9-5-13(6-10-19)15(20)18-7-3-2-4-8-18/h11-13H,2-10H2,1H3. The van der Waals surface area contributed by atoms with Gasteiger partial charge in [-0.25, -0.2) is 8.42 Å². The number of carbonyl (C=O) groups excluding carboxylic acids is 1. The van der Waals surface area contributed by atoms with E-state index in [-0.39, 0.29) is 16.7 Å². The van der Waals surface area contributed by atoms with Crippen molar-refractivity contribution in [3.8, 4) is 0 Å². The van der Waals surface area contributed by atoms with Crippen LogP contribution in [0.4, 0.5) is 0 Å². The molecule has 128 valence electrons. The number of carbonyl (C=O) groups is 1. The molecular weight excluding hydrogens is 316 g/mol. The van der Waals surface area contributed by atoms with Crippen molar-refractivity contribution >= 4 is 15.9 Å². The third-order valence-electron chi connectivity index (χ3n) is 4.79. The highest BCUT2D eigenvalue weighted by molar-refractivity contribution is 7.89. The first-order valence-corrected chi connectivity index (χ1v) is 9.70. The zero-order chi connectivity index (χ0) is 16.4. The lowest BCUT2D eigenvalue weighted by atomic mass is 9.95. The predicted octanol–water partition coefficient (Wildman–Crippen LogP) is 0.833. The van der Waals surface area contributed by atoms with Gasteiger partial charge in [-0.15, -0.1) is 0 Å². The second-order valence-electron chi connectivity index (χ2n) is 6.41. The Kier molecular flexibility index (Phi) is 4.72. The number of sulfonamides is 1. The molecule has 1 amide bonds. The molecule has 0 radical (unpaired) electrons. The molecule has 1 aromatic heterocycles. The molecule has 3 heterocycles. The van der Waals surface area contributed by atoms with Crippen LogP contribution in [0.5, 0.6) is 0 Å². The largest absolute Gasteiger partial charge is 0.342 e. The van der Waals surface area contributed by atoms with Gasteiger partial charge in [0.2, 0.25) is 15.9 Å². The van der Waals surface area contributed by atoms with E-state index in [0.29, 0.717) is 25.9 Å². The molecule has 0 saturated carbocycles. The number of hydrogen-bond acceptors (Lipinski definition) is 4. The molecule has 8 heteroatoms. The van der Waals surface area contributed by atoms with Crippen LogP contribution in [0.25, 0.3) is 0 Å². The van der Waals surface area contributed by atoms with E-state index in [2.05, 4.69) is 5.10 Å². The summed E-state index contributed by atoms with van der Waals surface area (Å²) in [6.45, 7) is 2.52. The summed E-state index contributed by atoms with van der Waals surface area (Å²) >= 11 is 0. The summed E-state index contributed by atoms with van der Waals surface area (Å²) in [4.78, 5) is 14.7. The fraction of sp³-hybridized carbons (Fsp3) is 0.733. The number of likely N-dealkylation sites (tertiary alicyclic amines) is 1. The Hall–Kier alpha value is -1.41. The molecule has 7 nitrogen and oxygen atoms in total. The van der Waals surface area contributed by atoms with Gasteiger partial charge in [0.15, 0.2) is 0 Å². The van der Waals surface area contributed by atoms with E-state index >= 15 is 0 Å². The molecular formula is C15H24N4O3S. The van der Waals surface area contributed by atoms with Crippen LogP contribution in [-0.2, 0) is 21.9 Å². The van der Waals surface area contributed by atoms with E-state index in [9.17, 15) is 13.2 Å². The van der Waals surface area contributed by atoms with Crippen LogP contribution in [0, 0.1) is 5.92 Å². The highest BCUT2D eigenvalue weighted by atomic mass is 32.2. The van der Waals surface area contributed by atoms with Gasteiger partial charge in [0, 0.05) is 45.3 Å². The molecule has 0 aromatic carbocycles. The van der Waals surface area contributed by atoms with E-state index < -0.39 is 10.0 Å². The highest BCUT2D eigenvalue weighted by Gasteiger charge is 2.34. The second-order valence-corrected chi connectivity index (χ2v) is 8.35. The molecule has 1 aromatic rings. The van der Waals surface area contributed by atoms with Gasteiger partial charge in [-0.1, -0.05) is 0 Å². The Bertz CT molecular complexity index is 656. The van der Waals surface area contributed by atoms with E-state index in [0.717, 1.165) is 25.9 Å². The van der Waals surface area contributed by atoms with Gasteiger partial charge in [-0.2, -0.15) is 9.40 Å². The molecule has 3 rings (SSSR count). The third-order valence-corrected chi connectivity index (χ3v) is 6.64. The summed E-state index contributed by atoms with van der Waals surface area (Å²) in [7, 11) is -1.79. The average molecular weight is 340 g/mol. The molecule has 2 saturated heterocycles. The van der Waals surface area contributed by atoms with Crippen molar-refractivity contribution in [2.45, 2.75) is 37.0 Å². The van der Waals surface area contributed by atoms with Gasteiger partial charge < -0.3 is 4.90 Å². The molecule has 0 N–H and O–H groups in total. The molecule has 23 heavy (non-hydrogen) atoms. The maximum atomic E-state index is 12.6. The van der Waals surface area contributed by atoms with Gasteiger partial charge in [0.25, 0.3) is 0 Å². The molecule has 0 atom stereocenters. The lowest BCUT2D eigenvalue weighted by molar-refractivity contribution is -0.137. The van der Waals surface area contributed by atoms with Crippen LogP contribution in [0.1, 0.15) is 32.1 Å². The zero-order valence-electron chi connectivity index (χ0n) is 13.5. The summed E-state index contributed by atoms with van der Waals surface area (Å²) in [6, 6.07) is 0. The summed E-state index contributed by atoms with van der Waals surface area (Å²) in [5.41, 5.74) is 0. The minimum absolute atomic E-state index is 0.0338. The normalized spacial score (nSPS) is 21.5. The van der Waals surface area contributed by atoms with Crippen molar-refractivity contribution in [3.05, 3.63) is 12.4 Å². The fourth-order valence-electron chi connectivity index (χ4n) is 3.40. The first-order chi connectivity index (χ1) is 11.0. The maximum absolute atomic E-state index is 12.6. The van der Waals surface area contributed by atoms with Crippen LogP contribution in [-0.4, -0.2) is 59.5 Å². The molecule has 0 aliphatic carbocycles. The van der Waals surface area contributed by atoms with Crippen molar-refractivity contribution in [2.75, 3.05) is 26.2 Å². The van der Waals surface area contributed by atoms with Crippen molar-refractivity contribution < 1.29 is 13.2 Å². The minimum Gasteiger partial charge on any atom is -0.342 e. The van der Waals surface area contributed by atoms with Crippen LogP contribution >= 0.6 is 0 Å². The number of aromatic nitrogens is 2. The van der Waals surface area contributed by atoms with E-state index in [1.54, 1.807) is 7.05 Å². The summed E-state index contributed by atoms with van der Waals surface area (Å²) < 4.78 is 28.1. The Morgan fingerprint density at radius 1 is 1.13 bits per heavy atom. The molecule has 0 spiro atoms. The third kappa shape index (κ3) is 3.42. The van der Waals surface area contributed by atoms with Crippen molar-refractivity contribution in [2.24, 2.45) is 13.0 Å². The first-order valence-electron chi connectivity index (χ1n) is 8.26. The summed E-state index contributed by atoms with van der Waals surface area (Å²) in [5.74, 6) is 0.177. The smallest absolute Gasteiger partial charge is 0.246 e. The summed E-state index contributed by atoms with van der Waals surface area (Å²) in [6.07, 6.45) is 7.47. The number of rotatable bonds is 3. The molecule has 0 unspecified atom stereocenters. The molecule has 2 fully saturated rings. The lowest BCUT2D eigenvalue weighted by Crippen LogP contribution is -2.45. The van der Waals surface area contributed by atoms with Gasteiger partial charge in [0.1, 0.15) is 4.90 Å². The van der Waals surface area contributed by atoms with Crippen LogP contribution in [0.15, 0.2) is 17.3 Å². The Morgan fingerprint density at radius 3 is 2.35 bits per heavy atom. The molecule has 0 bridgehead atoms. The monoisotopic (exact) mass is 340 g/mol. The maximum Gasteiger partial charge on any atom is 0.246 e. The van der Waals surface area contributed by atoms with Crippen LogP contribution in [0.3, 0.4) is 0 Å². The minimum atomic E-state index is -3.49. The molecule has 2 aliphatic rings. The number of nitrogens with zero attached hydrogens (tertiary/aromatic N) is 4. The SMILES string of the molecule is Cn1cc(S(=O)(=O)N2CCC(C(=O)N3CCCCC3)CC2)cn1. The van der Waals surface area contributed by atoms with Gasteiger partial charge >= 0.3 is 0 Å². The fourth-order valence-corrected chi connectivity index (χ4v) is 4.85. The van der Waals surface area contributed by atoms with E-state index in [1.807, 2.05) is 4.90 Å². The number of aryl methyl sites for hydroxylation is 1. The quantitative estimate of drug-likeness (QED) is 0.817. The number of piperidine rings is 2. The van der Waals surface area contributed by atoms with Gasteiger partial charge in [-0.05, 0) is 32.1 Å². The molecule has 2 aliphatic heterocycles.